The number of likely N-dealkylation sites (tertiary alicyclic amines) is 1. The van der Waals surface area contributed by atoms with Crippen LogP contribution in [0.5, 0.6) is 0 Å². The molecule has 4 heterocycles. The van der Waals surface area contributed by atoms with Gasteiger partial charge in [0, 0.05) is 56.1 Å². The van der Waals surface area contributed by atoms with E-state index in [-0.39, 0.29) is 18.0 Å². The molecule has 1 saturated heterocycles. The highest BCUT2D eigenvalue weighted by molar-refractivity contribution is 6.01. The lowest BCUT2D eigenvalue weighted by Gasteiger charge is -2.13. The summed E-state index contributed by atoms with van der Waals surface area (Å²) < 4.78 is 1.93. The lowest BCUT2D eigenvalue weighted by Crippen LogP contribution is -2.28. The van der Waals surface area contributed by atoms with Crippen LogP contribution in [0.1, 0.15) is 19.4 Å². The van der Waals surface area contributed by atoms with Crippen molar-refractivity contribution < 1.29 is 9.59 Å². The topological polar surface area (TPSA) is 92.2 Å². The van der Waals surface area contributed by atoms with Crippen molar-refractivity contribution in [3.05, 3.63) is 43.0 Å². The number of carbonyl (C=O) groups is 2. The van der Waals surface area contributed by atoms with E-state index in [1.807, 2.05) is 35.9 Å². The number of aromatic nitrogens is 3. The molecule has 2 N–H and O–H groups in total. The molecule has 1 aliphatic heterocycles. The summed E-state index contributed by atoms with van der Waals surface area (Å²) in [4.78, 5) is 35.1. The molecule has 144 valence electrons. The Morgan fingerprint density at radius 1 is 1.32 bits per heavy atom. The van der Waals surface area contributed by atoms with Gasteiger partial charge < -0.3 is 20.1 Å². The number of pyridine rings is 2. The van der Waals surface area contributed by atoms with Gasteiger partial charge >= 0.3 is 6.03 Å². The van der Waals surface area contributed by atoms with Gasteiger partial charge in [0.15, 0.2) is 0 Å². The molecular formula is C20H22N6O2. The summed E-state index contributed by atoms with van der Waals surface area (Å²) in [6, 6.07) is 5.23. The predicted octanol–water partition coefficient (Wildman–Crippen LogP) is 2.64. The zero-order valence-corrected chi connectivity index (χ0v) is 15.8. The van der Waals surface area contributed by atoms with Crippen LogP contribution in [0.3, 0.4) is 0 Å². The van der Waals surface area contributed by atoms with E-state index in [1.54, 1.807) is 30.5 Å². The second-order valence-corrected chi connectivity index (χ2v) is 6.83. The van der Waals surface area contributed by atoms with Crippen LogP contribution in [0, 0.1) is 0 Å². The zero-order chi connectivity index (χ0) is 19.7. The number of likely N-dealkylation sites (N-methyl/N-ethyl adjacent to an activating group) is 1. The maximum absolute atomic E-state index is 12.6. The molecule has 8 heteroatoms. The summed E-state index contributed by atoms with van der Waals surface area (Å²) in [6.07, 6.45) is 7.78. The van der Waals surface area contributed by atoms with Crippen molar-refractivity contribution in [1.29, 1.82) is 0 Å². The Morgan fingerprint density at radius 3 is 2.86 bits per heavy atom. The summed E-state index contributed by atoms with van der Waals surface area (Å²) in [5.41, 5.74) is 3.89. The van der Waals surface area contributed by atoms with Gasteiger partial charge in [-0.05, 0) is 25.5 Å². The molecule has 0 aromatic carbocycles. The van der Waals surface area contributed by atoms with E-state index >= 15 is 0 Å². The first-order valence-corrected chi connectivity index (χ1v) is 9.29. The second kappa shape index (κ2) is 7.30. The highest BCUT2D eigenvalue weighted by atomic mass is 16.2. The third kappa shape index (κ3) is 3.17. The molecule has 0 spiro atoms. The van der Waals surface area contributed by atoms with Gasteiger partial charge in [0.25, 0.3) is 0 Å². The van der Waals surface area contributed by atoms with Crippen molar-refractivity contribution in [3.8, 4) is 11.1 Å². The van der Waals surface area contributed by atoms with Crippen LogP contribution in [0.2, 0.25) is 0 Å². The van der Waals surface area contributed by atoms with Gasteiger partial charge in [-0.1, -0.05) is 6.07 Å². The normalized spacial score (nSPS) is 16.6. The van der Waals surface area contributed by atoms with E-state index in [0.717, 1.165) is 23.1 Å². The first-order chi connectivity index (χ1) is 13.6. The van der Waals surface area contributed by atoms with Gasteiger partial charge in [-0.25, -0.2) is 4.79 Å². The SMILES string of the molecule is CCNC(=O)Nc1cn(C2CCN(C)C2=O)c2cc(-c3cccnc3)cnc12. The Kier molecular flexibility index (Phi) is 4.68. The third-order valence-electron chi connectivity index (χ3n) is 4.98. The molecule has 8 nitrogen and oxygen atoms in total. The van der Waals surface area contributed by atoms with Crippen molar-refractivity contribution in [2.24, 2.45) is 0 Å². The molecule has 0 radical (unpaired) electrons. The number of carbonyl (C=O) groups excluding carboxylic acids is 2. The van der Waals surface area contributed by atoms with Gasteiger partial charge in [-0.3, -0.25) is 14.8 Å². The van der Waals surface area contributed by atoms with Gasteiger partial charge in [0.2, 0.25) is 5.91 Å². The van der Waals surface area contributed by atoms with E-state index in [2.05, 4.69) is 20.6 Å². The van der Waals surface area contributed by atoms with Crippen LogP contribution in [0.25, 0.3) is 22.2 Å². The quantitative estimate of drug-likeness (QED) is 0.730. The van der Waals surface area contributed by atoms with Gasteiger partial charge in [0.05, 0.1) is 11.2 Å². The zero-order valence-electron chi connectivity index (χ0n) is 15.8. The average molecular weight is 378 g/mol. The van der Waals surface area contributed by atoms with Crippen LogP contribution in [0.15, 0.2) is 43.0 Å². The molecule has 0 saturated carbocycles. The van der Waals surface area contributed by atoms with Crippen LogP contribution < -0.4 is 10.6 Å². The third-order valence-corrected chi connectivity index (χ3v) is 4.98. The highest BCUT2D eigenvalue weighted by Gasteiger charge is 2.32. The molecule has 4 rings (SSSR count). The molecule has 3 amide bonds. The minimum absolute atomic E-state index is 0.0632. The minimum Gasteiger partial charge on any atom is -0.344 e. The number of amides is 3. The first kappa shape index (κ1) is 18.0. The Balaban J connectivity index is 1.83. The summed E-state index contributed by atoms with van der Waals surface area (Å²) in [5, 5.41) is 5.56. The lowest BCUT2D eigenvalue weighted by molar-refractivity contribution is -0.129. The van der Waals surface area contributed by atoms with Crippen LogP contribution >= 0.6 is 0 Å². The number of hydrogen-bond acceptors (Lipinski definition) is 4. The summed E-state index contributed by atoms with van der Waals surface area (Å²) >= 11 is 0. The van der Waals surface area contributed by atoms with E-state index < -0.39 is 0 Å². The number of nitrogens with one attached hydrogen (secondary N) is 2. The largest absolute Gasteiger partial charge is 0.344 e. The maximum Gasteiger partial charge on any atom is 0.319 e. The van der Waals surface area contributed by atoms with Crippen molar-refractivity contribution in [2.45, 2.75) is 19.4 Å². The van der Waals surface area contributed by atoms with Gasteiger partial charge in [-0.2, -0.15) is 0 Å². The number of nitrogens with zero attached hydrogens (tertiary/aromatic N) is 4. The number of urea groups is 1. The van der Waals surface area contributed by atoms with E-state index in [1.165, 1.54) is 0 Å². The molecule has 3 aromatic rings. The second-order valence-electron chi connectivity index (χ2n) is 6.83. The Hall–Kier alpha value is -3.42. The fourth-order valence-electron chi connectivity index (χ4n) is 3.56. The number of rotatable bonds is 4. The van der Waals surface area contributed by atoms with Crippen molar-refractivity contribution in [3.63, 3.8) is 0 Å². The van der Waals surface area contributed by atoms with Crippen LogP contribution in [-0.4, -0.2) is 51.5 Å². The number of hydrogen-bond donors (Lipinski definition) is 2. The Labute approximate surface area is 162 Å². The van der Waals surface area contributed by atoms with Crippen LogP contribution in [0.4, 0.5) is 10.5 Å². The molecule has 1 atom stereocenters. The minimum atomic E-state index is -0.303. The van der Waals surface area contributed by atoms with Gasteiger partial charge in [-0.15, -0.1) is 0 Å². The van der Waals surface area contributed by atoms with Crippen LogP contribution in [-0.2, 0) is 4.79 Å². The molecule has 0 aliphatic carbocycles. The summed E-state index contributed by atoms with van der Waals surface area (Å²) in [6.45, 7) is 3.08. The summed E-state index contributed by atoms with van der Waals surface area (Å²) in [7, 11) is 1.81. The predicted molar refractivity (Wildman–Crippen MR) is 107 cm³/mol. The Morgan fingerprint density at radius 2 is 2.18 bits per heavy atom. The van der Waals surface area contributed by atoms with Crippen molar-refractivity contribution >= 4 is 28.7 Å². The molecule has 1 unspecified atom stereocenters. The van der Waals surface area contributed by atoms with Crippen molar-refractivity contribution in [2.75, 3.05) is 25.5 Å². The number of fused-ring (bicyclic) bond motifs is 1. The van der Waals surface area contributed by atoms with E-state index in [0.29, 0.717) is 24.3 Å². The monoisotopic (exact) mass is 378 g/mol. The molecule has 1 fully saturated rings. The lowest BCUT2D eigenvalue weighted by atomic mass is 10.1. The smallest absolute Gasteiger partial charge is 0.319 e. The molecule has 28 heavy (non-hydrogen) atoms. The van der Waals surface area contributed by atoms with E-state index in [9.17, 15) is 9.59 Å². The molecule has 1 aliphatic rings. The standard InChI is InChI=1S/C20H22N6O2/c1-3-22-20(28)24-15-12-26(16-6-8-25(2)19(16)27)17-9-14(11-23-18(15)17)13-5-4-7-21-10-13/h4-5,7,9-12,16H,3,6,8H2,1-2H3,(H2,22,24,28). The molecule has 3 aromatic heterocycles. The van der Waals surface area contributed by atoms with E-state index in [4.69, 9.17) is 0 Å². The molecule has 0 bridgehead atoms. The average Bonchev–Trinajstić information content (AvgIpc) is 3.22. The fraction of sp³-hybridized carbons (Fsp3) is 0.300. The highest BCUT2D eigenvalue weighted by Crippen LogP contribution is 2.33. The molecular weight excluding hydrogens is 356 g/mol. The Bertz CT molecular complexity index is 1030. The number of anilines is 1. The first-order valence-electron chi connectivity index (χ1n) is 9.29. The van der Waals surface area contributed by atoms with Gasteiger partial charge in [0.1, 0.15) is 11.6 Å². The fourth-order valence-corrected chi connectivity index (χ4v) is 3.56. The summed E-state index contributed by atoms with van der Waals surface area (Å²) in [5.74, 6) is 0.0632. The maximum atomic E-state index is 12.6. The van der Waals surface area contributed by atoms with Crippen molar-refractivity contribution in [1.82, 2.24) is 24.8 Å².